The van der Waals surface area contributed by atoms with Crippen LogP contribution < -0.4 is 5.32 Å². The van der Waals surface area contributed by atoms with Gasteiger partial charge in [-0.2, -0.15) is 5.10 Å². The molecular weight excluding hydrogens is 304 g/mol. The molecule has 1 aliphatic carbocycles. The molecule has 2 aliphatic rings. The normalized spacial score (nSPS) is 22.2. The van der Waals surface area contributed by atoms with Crippen molar-refractivity contribution in [3.05, 3.63) is 11.6 Å². The second-order valence-corrected chi connectivity index (χ2v) is 7.12. The van der Waals surface area contributed by atoms with Crippen molar-refractivity contribution in [3.63, 3.8) is 0 Å². The molecule has 1 aromatic heterocycles. The molecule has 1 atom stereocenters. The van der Waals surface area contributed by atoms with E-state index in [0.717, 1.165) is 44.5 Å². The fourth-order valence-corrected chi connectivity index (χ4v) is 3.85. The number of carbonyl (C=O) groups excluding carboxylic acids is 1. The SMILES string of the molecule is Cc1nc(C(C)NC(=O)N2CCCN(C3CCCCC3)CC2)n[nH]1. The topological polar surface area (TPSA) is 77.2 Å². The van der Waals surface area contributed by atoms with E-state index in [0.29, 0.717) is 5.82 Å². The van der Waals surface area contributed by atoms with Crippen LogP contribution in [0.25, 0.3) is 0 Å². The van der Waals surface area contributed by atoms with Crippen LogP contribution in [-0.4, -0.2) is 63.2 Å². The third-order valence-electron chi connectivity index (χ3n) is 5.25. The fourth-order valence-electron chi connectivity index (χ4n) is 3.85. The average Bonchev–Trinajstić information content (AvgIpc) is 2.88. The van der Waals surface area contributed by atoms with Gasteiger partial charge in [0.25, 0.3) is 0 Å². The number of hydrogen-bond donors (Lipinski definition) is 2. The monoisotopic (exact) mass is 334 g/mol. The van der Waals surface area contributed by atoms with Gasteiger partial charge < -0.3 is 10.2 Å². The van der Waals surface area contributed by atoms with Gasteiger partial charge >= 0.3 is 6.03 Å². The summed E-state index contributed by atoms with van der Waals surface area (Å²) in [6, 6.07) is 0.549. The summed E-state index contributed by atoms with van der Waals surface area (Å²) in [5.74, 6) is 1.41. The molecule has 134 valence electrons. The van der Waals surface area contributed by atoms with Crippen LogP contribution in [-0.2, 0) is 0 Å². The average molecular weight is 334 g/mol. The van der Waals surface area contributed by atoms with Crippen molar-refractivity contribution < 1.29 is 4.79 Å². The molecule has 2 fully saturated rings. The van der Waals surface area contributed by atoms with Gasteiger partial charge in [-0.15, -0.1) is 0 Å². The Hall–Kier alpha value is -1.63. The Bertz CT molecular complexity index is 539. The number of rotatable bonds is 3. The molecule has 1 saturated heterocycles. The first-order valence-corrected chi connectivity index (χ1v) is 9.32. The molecule has 1 unspecified atom stereocenters. The first-order valence-electron chi connectivity index (χ1n) is 9.32. The molecule has 0 bridgehead atoms. The molecule has 2 heterocycles. The third-order valence-corrected chi connectivity index (χ3v) is 5.25. The molecule has 2 amide bonds. The van der Waals surface area contributed by atoms with Gasteiger partial charge in [0.15, 0.2) is 5.82 Å². The van der Waals surface area contributed by atoms with Crippen LogP contribution in [0, 0.1) is 6.92 Å². The Morgan fingerprint density at radius 2 is 1.96 bits per heavy atom. The van der Waals surface area contributed by atoms with Gasteiger partial charge in [0.05, 0.1) is 6.04 Å². The van der Waals surface area contributed by atoms with Crippen LogP contribution in [0.3, 0.4) is 0 Å². The summed E-state index contributed by atoms with van der Waals surface area (Å²) in [6.07, 6.45) is 7.81. The molecule has 2 N–H and O–H groups in total. The maximum atomic E-state index is 12.6. The second-order valence-electron chi connectivity index (χ2n) is 7.12. The molecule has 1 saturated carbocycles. The quantitative estimate of drug-likeness (QED) is 0.888. The van der Waals surface area contributed by atoms with E-state index in [-0.39, 0.29) is 12.1 Å². The first-order chi connectivity index (χ1) is 11.6. The molecule has 24 heavy (non-hydrogen) atoms. The van der Waals surface area contributed by atoms with Crippen molar-refractivity contribution in [1.29, 1.82) is 0 Å². The zero-order chi connectivity index (χ0) is 16.9. The van der Waals surface area contributed by atoms with Gasteiger partial charge in [0, 0.05) is 32.2 Å². The molecule has 1 aromatic rings. The lowest BCUT2D eigenvalue weighted by Crippen LogP contribution is -2.44. The molecule has 0 aromatic carbocycles. The molecule has 0 spiro atoms. The number of urea groups is 1. The van der Waals surface area contributed by atoms with E-state index in [2.05, 4.69) is 25.4 Å². The van der Waals surface area contributed by atoms with E-state index in [9.17, 15) is 4.79 Å². The highest BCUT2D eigenvalue weighted by Gasteiger charge is 2.26. The number of amides is 2. The number of aromatic nitrogens is 3. The highest BCUT2D eigenvalue weighted by Crippen LogP contribution is 2.23. The number of nitrogens with one attached hydrogen (secondary N) is 2. The number of nitrogens with zero attached hydrogens (tertiary/aromatic N) is 4. The van der Waals surface area contributed by atoms with Crippen LogP contribution in [0.1, 0.15) is 63.1 Å². The Balaban J connectivity index is 1.50. The molecular formula is C17H30N6O. The number of carbonyl (C=O) groups is 1. The van der Waals surface area contributed by atoms with Crippen molar-refractivity contribution in [2.45, 2.75) is 64.5 Å². The minimum absolute atomic E-state index is 0.00422. The molecule has 3 rings (SSSR count). The standard InChI is InChI=1S/C17H30N6O/c1-13(16-19-14(2)20-21-16)18-17(24)23-10-6-9-22(11-12-23)15-7-4-3-5-8-15/h13,15H,3-12H2,1-2H3,(H,18,24)(H,19,20,21). The lowest BCUT2D eigenvalue weighted by Gasteiger charge is -2.33. The van der Waals surface area contributed by atoms with Gasteiger partial charge in [-0.05, 0) is 33.1 Å². The molecule has 1 aliphatic heterocycles. The Labute approximate surface area is 144 Å². The van der Waals surface area contributed by atoms with E-state index in [1.165, 1.54) is 32.1 Å². The van der Waals surface area contributed by atoms with E-state index >= 15 is 0 Å². The lowest BCUT2D eigenvalue weighted by molar-refractivity contribution is 0.158. The Kier molecular flexibility index (Phi) is 5.71. The predicted molar refractivity (Wildman–Crippen MR) is 92.7 cm³/mol. The van der Waals surface area contributed by atoms with Crippen LogP contribution in [0.4, 0.5) is 4.79 Å². The number of aromatic amines is 1. The Morgan fingerprint density at radius 3 is 2.67 bits per heavy atom. The first kappa shape index (κ1) is 17.2. The van der Waals surface area contributed by atoms with Crippen molar-refractivity contribution in [1.82, 2.24) is 30.3 Å². The highest BCUT2D eigenvalue weighted by molar-refractivity contribution is 5.74. The number of H-pyrrole nitrogens is 1. The van der Waals surface area contributed by atoms with Gasteiger partial charge in [0.1, 0.15) is 5.82 Å². The molecule has 7 nitrogen and oxygen atoms in total. The summed E-state index contributed by atoms with van der Waals surface area (Å²) in [5, 5.41) is 9.97. The van der Waals surface area contributed by atoms with E-state index in [4.69, 9.17) is 0 Å². The second kappa shape index (κ2) is 7.96. The van der Waals surface area contributed by atoms with E-state index in [1.807, 2.05) is 18.7 Å². The maximum Gasteiger partial charge on any atom is 0.318 e. The zero-order valence-electron chi connectivity index (χ0n) is 14.9. The van der Waals surface area contributed by atoms with Crippen LogP contribution in [0.5, 0.6) is 0 Å². The van der Waals surface area contributed by atoms with Crippen molar-refractivity contribution in [2.24, 2.45) is 0 Å². The fraction of sp³-hybridized carbons (Fsp3) is 0.824. The molecule has 7 heteroatoms. The third kappa shape index (κ3) is 4.26. The van der Waals surface area contributed by atoms with Crippen LogP contribution in [0.15, 0.2) is 0 Å². The smallest absolute Gasteiger partial charge is 0.318 e. The summed E-state index contributed by atoms with van der Waals surface area (Å²) in [6.45, 7) is 7.53. The van der Waals surface area contributed by atoms with Gasteiger partial charge in [-0.25, -0.2) is 9.78 Å². The Morgan fingerprint density at radius 1 is 1.17 bits per heavy atom. The largest absolute Gasteiger partial charge is 0.328 e. The molecule has 0 radical (unpaired) electrons. The summed E-state index contributed by atoms with van der Waals surface area (Å²) < 4.78 is 0. The minimum Gasteiger partial charge on any atom is -0.328 e. The van der Waals surface area contributed by atoms with Gasteiger partial charge in [-0.3, -0.25) is 10.00 Å². The number of aryl methyl sites for hydroxylation is 1. The number of hydrogen-bond acceptors (Lipinski definition) is 4. The van der Waals surface area contributed by atoms with Gasteiger partial charge in [0.2, 0.25) is 0 Å². The van der Waals surface area contributed by atoms with E-state index < -0.39 is 0 Å². The summed E-state index contributed by atoms with van der Waals surface area (Å²) >= 11 is 0. The highest BCUT2D eigenvalue weighted by atomic mass is 16.2. The van der Waals surface area contributed by atoms with Crippen LogP contribution >= 0.6 is 0 Å². The van der Waals surface area contributed by atoms with Crippen LogP contribution in [0.2, 0.25) is 0 Å². The summed E-state index contributed by atoms with van der Waals surface area (Å²) in [7, 11) is 0. The van der Waals surface area contributed by atoms with Crippen molar-refractivity contribution in [3.8, 4) is 0 Å². The summed E-state index contributed by atoms with van der Waals surface area (Å²) in [5.41, 5.74) is 0. The minimum atomic E-state index is -0.180. The van der Waals surface area contributed by atoms with E-state index in [1.54, 1.807) is 0 Å². The summed E-state index contributed by atoms with van der Waals surface area (Å²) in [4.78, 5) is 21.4. The van der Waals surface area contributed by atoms with Crippen molar-refractivity contribution >= 4 is 6.03 Å². The predicted octanol–water partition coefficient (Wildman–Crippen LogP) is 2.22. The van der Waals surface area contributed by atoms with Gasteiger partial charge in [-0.1, -0.05) is 19.3 Å². The zero-order valence-corrected chi connectivity index (χ0v) is 14.9. The van der Waals surface area contributed by atoms with Crippen molar-refractivity contribution in [2.75, 3.05) is 26.2 Å². The lowest BCUT2D eigenvalue weighted by atomic mass is 9.94. The maximum absolute atomic E-state index is 12.6.